The van der Waals surface area contributed by atoms with Gasteiger partial charge in [0.1, 0.15) is 18.2 Å². The summed E-state index contributed by atoms with van der Waals surface area (Å²) in [6.45, 7) is 3.87. The maximum absolute atomic E-state index is 12.3. The topological polar surface area (TPSA) is 69.0 Å². The van der Waals surface area contributed by atoms with Gasteiger partial charge in [0.25, 0.3) is 5.91 Å². The number of hydrogen-bond acceptors (Lipinski definition) is 4. The van der Waals surface area contributed by atoms with E-state index in [9.17, 15) is 4.79 Å². The van der Waals surface area contributed by atoms with E-state index in [0.717, 1.165) is 29.0 Å². The Morgan fingerprint density at radius 2 is 1.81 bits per heavy atom. The summed E-state index contributed by atoms with van der Waals surface area (Å²) < 4.78 is 8.13. The van der Waals surface area contributed by atoms with Crippen molar-refractivity contribution in [1.29, 1.82) is 0 Å². The lowest BCUT2D eigenvalue weighted by Crippen LogP contribution is -2.26. The molecule has 2 aromatic heterocycles. The van der Waals surface area contributed by atoms with Gasteiger partial charge < -0.3 is 14.6 Å². The van der Waals surface area contributed by atoms with Crippen molar-refractivity contribution >= 4 is 16.9 Å². The van der Waals surface area contributed by atoms with Gasteiger partial charge in [-0.1, -0.05) is 31.2 Å². The van der Waals surface area contributed by atoms with Gasteiger partial charge in [0.05, 0.1) is 17.6 Å². The van der Waals surface area contributed by atoms with Gasteiger partial charge in [-0.05, 0) is 48.4 Å². The quantitative estimate of drug-likeness (QED) is 0.449. The molecule has 0 fully saturated rings. The summed E-state index contributed by atoms with van der Waals surface area (Å²) in [5.74, 6) is 1.69. The number of hydrogen-bond donors (Lipinski definition) is 1. The lowest BCUT2D eigenvalue weighted by atomic mass is 10.2. The third-order valence-electron chi connectivity index (χ3n) is 5.23. The van der Waals surface area contributed by atoms with Gasteiger partial charge in [-0.3, -0.25) is 9.78 Å². The minimum atomic E-state index is -0.107. The smallest absolute Gasteiger partial charge is 0.251 e. The number of aryl methyl sites for hydroxylation is 1. The van der Waals surface area contributed by atoms with Crippen molar-refractivity contribution < 1.29 is 9.53 Å². The van der Waals surface area contributed by atoms with Gasteiger partial charge in [0, 0.05) is 30.9 Å². The molecule has 4 aromatic rings. The van der Waals surface area contributed by atoms with Crippen molar-refractivity contribution in [2.24, 2.45) is 0 Å². The Labute approximate surface area is 181 Å². The van der Waals surface area contributed by atoms with Crippen molar-refractivity contribution in [1.82, 2.24) is 19.9 Å². The third kappa shape index (κ3) is 5.09. The molecule has 0 saturated heterocycles. The molecule has 31 heavy (non-hydrogen) atoms. The van der Waals surface area contributed by atoms with Crippen molar-refractivity contribution in [3.05, 3.63) is 90.0 Å². The van der Waals surface area contributed by atoms with E-state index in [1.165, 1.54) is 5.56 Å². The summed E-state index contributed by atoms with van der Waals surface area (Å²) in [4.78, 5) is 21.0. The molecule has 0 unspecified atom stereocenters. The highest BCUT2D eigenvalue weighted by Gasteiger charge is 2.11. The second-order valence-corrected chi connectivity index (χ2v) is 7.26. The summed E-state index contributed by atoms with van der Waals surface area (Å²) in [5.41, 5.74) is 3.92. The number of pyridine rings is 1. The van der Waals surface area contributed by atoms with Crippen molar-refractivity contribution in [2.75, 3.05) is 13.2 Å². The highest BCUT2D eigenvalue weighted by Crippen LogP contribution is 2.17. The highest BCUT2D eigenvalue weighted by molar-refractivity contribution is 5.93. The number of amides is 1. The number of fused-ring (bicyclic) bond motifs is 1. The van der Waals surface area contributed by atoms with Gasteiger partial charge in [0.2, 0.25) is 0 Å². The van der Waals surface area contributed by atoms with Crippen molar-refractivity contribution in [3.63, 3.8) is 0 Å². The highest BCUT2D eigenvalue weighted by atomic mass is 16.5. The van der Waals surface area contributed by atoms with Crippen LogP contribution in [0.4, 0.5) is 0 Å². The molecule has 0 saturated carbocycles. The molecular formula is C25H26N4O2. The fourth-order valence-corrected chi connectivity index (χ4v) is 3.54. The first-order chi connectivity index (χ1) is 15.2. The number of nitrogens with zero attached hydrogens (tertiary/aromatic N) is 3. The van der Waals surface area contributed by atoms with E-state index < -0.39 is 0 Å². The fraction of sp³-hybridized carbons (Fsp3) is 0.240. The lowest BCUT2D eigenvalue weighted by Gasteiger charge is -2.12. The lowest BCUT2D eigenvalue weighted by molar-refractivity contribution is 0.0953. The molecule has 2 aromatic carbocycles. The number of nitrogens with one attached hydrogen (secondary N) is 1. The fourth-order valence-electron chi connectivity index (χ4n) is 3.54. The van der Waals surface area contributed by atoms with Crippen LogP contribution < -0.4 is 10.1 Å². The third-order valence-corrected chi connectivity index (χ3v) is 5.23. The molecule has 6 nitrogen and oxygen atoms in total. The normalized spacial score (nSPS) is 10.9. The van der Waals surface area contributed by atoms with Crippen molar-refractivity contribution in [2.45, 2.75) is 26.3 Å². The number of aromatic nitrogens is 3. The minimum Gasteiger partial charge on any atom is -0.492 e. The van der Waals surface area contributed by atoms with E-state index in [0.29, 0.717) is 31.7 Å². The standard InChI is InChI=1S/C25H26N4O2/c1-2-19-7-9-21(10-8-19)31-18-17-29-23-6-4-3-5-22(23)28-24(29)13-16-27-25(30)20-11-14-26-15-12-20/h3-12,14-15H,2,13,16-18H2,1H3,(H,27,30). The first kappa shape index (κ1) is 20.6. The predicted molar refractivity (Wildman–Crippen MR) is 121 cm³/mol. The summed E-state index contributed by atoms with van der Waals surface area (Å²) in [5, 5.41) is 2.96. The van der Waals surface area contributed by atoms with E-state index in [2.05, 4.69) is 40.0 Å². The van der Waals surface area contributed by atoms with E-state index in [1.54, 1.807) is 24.5 Å². The number of carbonyl (C=O) groups is 1. The van der Waals surface area contributed by atoms with Gasteiger partial charge in [-0.15, -0.1) is 0 Å². The van der Waals surface area contributed by atoms with Crippen LogP contribution in [-0.4, -0.2) is 33.6 Å². The first-order valence-corrected chi connectivity index (χ1v) is 10.6. The molecule has 0 atom stereocenters. The van der Waals surface area contributed by atoms with E-state index in [1.807, 2.05) is 30.3 Å². The Kier molecular flexibility index (Phi) is 6.57. The minimum absolute atomic E-state index is 0.107. The Morgan fingerprint density at radius 1 is 1.03 bits per heavy atom. The van der Waals surface area contributed by atoms with E-state index in [4.69, 9.17) is 9.72 Å². The molecule has 1 amide bonds. The molecule has 0 radical (unpaired) electrons. The molecule has 0 spiro atoms. The summed E-state index contributed by atoms with van der Waals surface area (Å²) >= 11 is 0. The molecule has 0 aliphatic heterocycles. The Morgan fingerprint density at radius 3 is 2.58 bits per heavy atom. The zero-order valence-electron chi connectivity index (χ0n) is 17.6. The van der Waals surface area contributed by atoms with Crippen LogP contribution in [0.25, 0.3) is 11.0 Å². The molecule has 0 aliphatic rings. The molecule has 1 N–H and O–H groups in total. The number of para-hydroxylation sites is 2. The van der Waals surface area contributed by atoms with Crippen LogP contribution in [0.5, 0.6) is 5.75 Å². The average Bonchev–Trinajstić information content (AvgIpc) is 3.17. The van der Waals surface area contributed by atoms with Crippen LogP contribution >= 0.6 is 0 Å². The SMILES string of the molecule is CCc1ccc(OCCn2c(CCNC(=O)c3ccncc3)nc3ccccc32)cc1. The number of benzene rings is 2. The maximum atomic E-state index is 12.3. The van der Waals surface area contributed by atoms with Gasteiger partial charge >= 0.3 is 0 Å². The van der Waals surface area contributed by atoms with Crippen LogP contribution in [0.2, 0.25) is 0 Å². The zero-order chi connectivity index (χ0) is 21.5. The Hall–Kier alpha value is -3.67. The molecule has 0 bridgehead atoms. The second kappa shape index (κ2) is 9.89. The predicted octanol–water partition coefficient (Wildman–Crippen LogP) is 4.05. The molecule has 4 rings (SSSR count). The Balaban J connectivity index is 1.41. The van der Waals surface area contributed by atoms with Crippen LogP contribution in [0.15, 0.2) is 73.1 Å². The zero-order valence-corrected chi connectivity index (χ0v) is 17.6. The number of ether oxygens (including phenoxy) is 1. The van der Waals surface area contributed by atoms with Crippen molar-refractivity contribution in [3.8, 4) is 5.75 Å². The monoisotopic (exact) mass is 414 g/mol. The number of imidazole rings is 1. The van der Waals surface area contributed by atoms with Crippen LogP contribution in [0, 0.1) is 0 Å². The van der Waals surface area contributed by atoms with Crippen LogP contribution in [-0.2, 0) is 19.4 Å². The second-order valence-electron chi connectivity index (χ2n) is 7.26. The van der Waals surface area contributed by atoms with E-state index in [-0.39, 0.29) is 5.91 Å². The number of carbonyl (C=O) groups excluding carboxylic acids is 1. The summed E-state index contributed by atoms with van der Waals surface area (Å²) in [6.07, 6.45) is 4.88. The van der Waals surface area contributed by atoms with Gasteiger partial charge in [0.15, 0.2) is 0 Å². The average molecular weight is 415 g/mol. The van der Waals surface area contributed by atoms with Crippen LogP contribution in [0.1, 0.15) is 28.7 Å². The van der Waals surface area contributed by atoms with Gasteiger partial charge in [-0.2, -0.15) is 0 Å². The molecule has 158 valence electrons. The largest absolute Gasteiger partial charge is 0.492 e. The summed E-state index contributed by atoms with van der Waals surface area (Å²) in [7, 11) is 0. The summed E-state index contributed by atoms with van der Waals surface area (Å²) in [6, 6.07) is 19.7. The van der Waals surface area contributed by atoms with Crippen LogP contribution in [0.3, 0.4) is 0 Å². The van der Waals surface area contributed by atoms with E-state index >= 15 is 0 Å². The van der Waals surface area contributed by atoms with Gasteiger partial charge in [-0.25, -0.2) is 4.98 Å². The molecule has 0 aliphatic carbocycles. The molecule has 2 heterocycles. The maximum Gasteiger partial charge on any atom is 0.251 e. The molecular weight excluding hydrogens is 388 g/mol. The Bertz CT molecular complexity index is 1140. The molecule has 6 heteroatoms. The first-order valence-electron chi connectivity index (χ1n) is 10.6. The number of rotatable bonds is 9.